The maximum Gasteiger partial charge on any atom is 0.0967 e. The van der Waals surface area contributed by atoms with Gasteiger partial charge >= 0.3 is 0 Å². The molecule has 0 N–H and O–H groups in total. The molecule has 2 nitrogen and oxygen atoms in total. The second-order valence-electron chi connectivity index (χ2n) is 5.89. The van der Waals surface area contributed by atoms with E-state index in [1.807, 2.05) is 18.2 Å². The third-order valence-corrected chi connectivity index (χ3v) is 4.46. The van der Waals surface area contributed by atoms with Crippen molar-refractivity contribution in [3.8, 4) is 0 Å². The molecular weight excluding hydrogens is 304 g/mol. The van der Waals surface area contributed by atoms with Crippen LogP contribution in [0.1, 0.15) is 5.69 Å². The number of allylic oxidation sites excluding steroid dienone is 3. The number of para-hydroxylation sites is 1. The van der Waals surface area contributed by atoms with Gasteiger partial charge in [-0.25, -0.2) is 4.98 Å². The van der Waals surface area contributed by atoms with Gasteiger partial charge in [0.05, 0.1) is 16.9 Å². The molecule has 0 atom stereocenters. The van der Waals surface area contributed by atoms with Crippen molar-refractivity contribution in [2.75, 3.05) is 7.05 Å². The molecule has 0 unspecified atom stereocenters. The van der Waals surface area contributed by atoms with Gasteiger partial charge in [0, 0.05) is 23.2 Å². The molecule has 3 aromatic carbocycles. The van der Waals surface area contributed by atoms with Gasteiger partial charge in [0.1, 0.15) is 0 Å². The van der Waals surface area contributed by atoms with E-state index >= 15 is 0 Å². The first-order valence-corrected chi connectivity index (χ1v) is 8.30. The van der Waals surface area contributed by atoms with E-state index in [4.69, 9.17) is 4.98 Å². The zero-order chi connectivity index (χ0) is 17.2. The van der Waals surface area contributed by atoms with Gasteiger partial charge in [0.15, 0.2) is 0 Å². The van der Waals surface area contributed by atoms with Crippen LogP contribution in [0, 0.1) is 0 Å². The molecule has 1 heterocycles. The molecule has 1 aromatic heterocycles. The van der Waals surface area contributed by atoms with Crippen LogP contribution in [-0.4, -0.2) is 17.7 Å². The van der Waals surface area contributed by atoms with Crippen molar-refractivity contribution in [2.45, 2.75) is 0 Å². The predicted octanol–water partition coefficient (Wildman–Crippen LogP) is 5.70. The lowest BCUT2D eigenvalue weighted by atomic mass is 9.96. The number of aliphatic imine (C=N–C) groups is 1. The van der Waals surface area contributed by atoms with Gasteiger partial charge in [-0.2, -0.15) is 0 Å². The lowest BCUT2D eigenvalue weighted by Crippen LogP contribution is -2.02. The Morgan fingerprint density at radius 1 is 0.920 bits per heavy atom. The first-order valence-electron chi connectivity index (χ1n) is 8.30. The van der Waals surface area contributed by atoms with E-state index in [2.05, 4.69) is 66.2 Å². The van der Waals surface area contributed by atoms with Gasteiger partial charge in [-0.1, -0.05) is 73.3 Å². The van der Waals surface area contributed by atoms with E-state index in [1.165, 1.54) is 21.5 Å². The fraction of sp³-hybridized carbons (Fsp3) is 0.0435. The minimum Gasteiger partial charge on any atom is -0.286 e. The maximum atomic E-state index is 4.92. The number of nitrogens with zero attached hydrogens (tertiary/aromatic N) is 2. The zero-order valence-corrected chi connectivity index (χ0v) is 14.1. The van der Waals surface area contributed by atoms with Gasteiger partial charge in [0.2, 0.25) is 0 Å². The van der Waals surface area contributed by atoms with E-state index in [-0.39, 0.29) is 0 Å². The molecule has 4 aromatic rings. The van der Waals surface area contributed by atoms with Crippen LogP contribution < -0.4 is 0 Å². The van der Waals surface area contributed by atoms with Gasteiger partial charge < -0.3 is 0 Å². The third kappa shape index (κ3) is 2.52. The molecule has 2 heteroatoms. The molecule has 0 radical (unpaired) electrons. The Balaban J connectivity index is 2.22. The highest BCUT2D eigenvalue weighted by Gasteiger charge is 2.13. The molecular formula is C23H18N2. The van der Waals surface area contributed by atoms with Gasteiger partial charge in [-0.15, -0.1) is 0 Å². The van der Waals surface area contributed by atoms with Gasteiger partial charge in [-0.05, 0) is 22.9 Å². The normalized spacial score (nSPS) is 12.4. The largest absolute Gasteiger partial charge is 0.286 e. The summed E-state index contributed by atoms with van der Waals surface area (Å²) in [6, 6.07) is 21.1. The highest BCUT2D eigenvalue weighted by molar-refractivity contribution is 6.26. The number of pyridine rings is 1. The second-order valence-corrected chi connectivity index (χ2v) is 5.89. The first kappa shape index (κ1) is 15.3. The highest BCUT2D eigenvalue weighted by atomic mass is 14.8. The lowest BCUT2D eigenvalue weighted by Gasteiger charge is -2.12. The molecule has 0 aliphatic carbocycles. The van der Waals surface area contributed by atoms with E-state index < -0.39 is 0 Å². The first-order chi connectivity index (χ1) is 12.3. The molecule has 0 fully saturated rings. The molecule has 4 rings (SSSR count). The molecule has 25 heavy (non-hydrogen) atoms. The monoisotopic (exact) mass is 322 g/mol. The van der Waals surface area contributed by atoms with Crippen molar-refractivity contribution in [3.63, 3.8) is 0 Å². The minimum atomic E-state index is 0.853. The summed E-state index contributed by atoms with van der Waals surface area (Å²) >= 11 is 0. The smallest absolute Gasteiger partial charge is 0.0967 e. The Bertz CT molecular complexity index is 1150. The Labute approximate surface area is 146 Å². The molecule has 0 aliphatic rings. The molecule has 0 saturated carbocycles. The maximum absolute atomic E-state index is 4.92. The minimum absolute atomic E-state index is 0.853. The van der Waals surface area contributed by atoms with Crippen molar-refractivity contribution in [2.24, 2.45) is 4.99 Å². The van der Waals surface area contributed by atoms with Crippen LogP contribution in [0.5, 0.6) is 0 Å². The Morgan fingerprint density at radius 3 is 2.48 bits per heavy atom. The van der Waals surface area contributed by atoms with E-state index in [0.29, 0.717) is 0 Å². The quantitative estimate of drug-likeness (QED) is 0.270. The number of rotatable bonds is 3. The van der Waals surface area contributed by atoms with Crippen molar-refractivity contribution >= 4 is 38.2 Å². The Kier molecular flexibility index (Phi) is 3.87. The summed E-state index contributed by atoms with van der Waals surface area (Å²) in [5.74, 6) is 0. The molecule has 0 spiro atoms. The van der Waals surface area contributed by atoms with Crippen LogP contribution in [0.2, 0.25) is 0 Å². The fourth-order valence-corrected chi connectivity index (χ4v) is 3.34. The fourth-order valence-electron chi connectivity index (χ4n) is 3.34. The summed E-state index contributed by atoms with van der Waals surface area (Å²) in [7, 11) is 1.80. The average molecular weight is 322 g/mol. The Hall–Kier alpha value is -3.26. The van der Waals surface area contributed by atoms with Crippen LogP contribution in [0.3, 0.4) is 0 Å². The number of benzene rings is 3. The highest BCUT2D eigenvalue weighted by Crippen LogP contribution is 2.33. The molecule has 0 saturated heterocycles. The standard InChI is InChI=1S/C23H18N2/c1-3-4-12-21(24-2)23-19-15-14-16-9-5-6-10-17(16)22(19)18-11-7-8-13-20(18)25-23/h3-15H,1H2,2H3/b12-4-,24-21?. The zero-order valence-electron chi connectivity index (χ0n) is 14.1. The van der Waals surface area contributed by atoms with Crippen LogP contribution in [0.4, 0.5) is 0 Å². The number of hydrogen-bond donors (Lipinski definition) is 0. The number of aromatic nitrogens is 1. The summed E-state index contributed by atoms with van der Waals surface area (Å²) < 4.78 is 0. The van der Waals surface area contributed by atoms with Crippen molar-refractivity contribution in [3.05, 3.63) is 91.2 Å². The van der Waals surface area contributed by atoms with Gasteiger partial charge in [-0.3, -0.25) is 4.99 Å². The van der Waals surface area contributed by atoms with Gasteiger partial charge in [0.25, 0.3) is 0 Å². The molecule has 120 valence electrons. The SMILES string of the molecule is C=C/C=C\C(=NC)c1nc2ccccc2c2c1ccc1ccccc12. The second kappa shape index (κ2) is 6.33. The summed E-state index contributed by atoms with van der Waals surface area (Å²) in [6.45, 7) is 3.75. The van der Waals surface area contributed by atoms with E-state index in [0.717, 1.165) is 22.3 Å². The Morgan fingerprint density at radius 2 is 1.68 bits per heavy atom. The molecule has 0 bridgehead atoms. The van der Waals surface area contributed by atoms with Crippen molar-refractivity contribution in [1.82, 2.24) is 4.98 Å². The summed E-state index contributed by atoms with van der Waals surface area (Å²) in [5.41, 5.74) is 2.74. The summed E-state index contributed by atoms with van der Waals surface area (Å²) in [5, 5.41) is 5.98. The summed E-state index contributed by atoms with van der Waals surface area (Å²) in [4.78, 5) is 9.37. The van der Waals surface area contributed by atoms with E-state index in [9.17, 15) is 0 Å². The average Bonchev–Trinajstić information content (AvgIpc) is 2.68. The van der Waals surface area contributed by atoms with Crippen LogP contribution in [0.25, 0.3) is 32.4 Å². The third-order valence-electron chi connectivity index (χ3n) is 4.46. The van der Waals surface area contributed by atoms with Crippen LogP contribution >= 0.6 is 0 Å². The molecule has 0 aliphatic heterocycles. The number of hydrogen-bond acceptors (Lipinski definition) is 2. The van der Waals surface area contributed by atoms with Crippen molar-refractivity contribution in [1.29, 1.82) is 0 Å². The van der Waals surface area contributed by atoms with Crippen LogP contribution in [0.15, 0.2) is 90.5 Å². The lowest BCUT2D eigenvalue weighted by molar-refractivity contribution is 1.36. The van der Waals surface area contributed by atoms with E-state index in [1.54, 1.807) is 13.1 Å². The predicted molar refractivity (Wildman–Crippen MR) is 109 cm³/mol. The molecule has 0 amide bonds. The van der Waals surface area contributed by atoms with Crippen molar-refractivity contribution < 1.29 is 0 Å². The summed E-state index contributed by atoms with van der Waals surface area (Å²) in [6.07, 6.45) is 5.61. The van der Waals surface area contributed by atoms with Crippen LogP contribution in [-0.2, 0) is 0 Å². The topological polar surface area (TPSA) is 25.2 Å². The number of fused-ring (bicyclic) bond motifs is 5.